The second kappa shape index (κ2) is 9.15. The fourth-order valence-corrected chi connectivity index (χ4v) is 3.09. The molecule has 0 saturated carbocycles. The maximum absolute atomic E-state index is 12.9. The topological polar surface area (TPSA) is 134 Å². The molecular weight excluding hydrogens is 428 g/mol. The highest BCUT2D eigenvalue weighted by Crippen LogP contribution is 2.43. The maximum Gasteiger partial charge on any atom is 0.255 e. The van der Waals surface area contributed by atoms with Crippen LogP contribution in [-0.4, -0.2) is 40.6 Å². The number of aliphatic hydroxyl groups excluding tert-OH is 1. The summed E-state index contributed by atoms with van der Waals surface area (Å²) in [5.74, 6) is -0.438. The third-order valence-corrected chi connectivity index (χ3v) is 4.92. The lowest BCUT2D eigenvalue weighted by Gasteiger charge is -2.12. The van der Waals surface area contributed by atoms with Crippen LogP contribution in [0, 0.1) is 0 Å². The highest BCUT2D eigenvalue weighted by Gasteiger charge is 2.27. The molecule has 1 heterocycles. The van der Waals surface area contributed by atoms with Gasteiger partial charge >= 0.3 is 0 Å². The summed E-state index contributed by atoms with van der Waals surface area (Å²) in [5.41, 5.74) is 0.461. The van der Waals surface area contributed by atoms with Gasteiger partial charge in [-0.25, -0.2) is 0 Å². The fourth-order valence-electron chi connectivity index (χ4n) is 2.92. The number of anilines is 1. The number of ether oxygens (including phenoxy) is 2. The molecule has 0 aliphatic rings. The van der Waals surface area contributed by atoms with Gasteiger partial charge in [0.15, 0.2) is 17.3 Å². The number of methoxy groups -OCH3 is 2. The standard InChI is InChI=1S/C21H21ClN2O7/c1-4-13(25)18-19(20(31-24-18)11-8-12(22)15(27)9-14(11)26)23-21(28)10-5-6-16(29-2)17(7-10)30-3/h5-9,13,25-27H,4H2,1-3H3,(H,23,28). The van der Waals surface area contributed by atoms with E-state index in [4.69, 9.17) is 25.6 Å². The summed E-state index contributed by atoms with van der Waals surface area (Å²) >= 11 is 5.96. The van der Waals surface area contributed by atoms with Gasteiger partial charge in [-0.2, -0.15) is 0 Å². The number of nitrogens with one attached hydrogen (secondary N) is 1. The van der Waals surface area contributed by atoms with Gasteiger partial charge in [-0.1, -0.05) is 23.7 Å². The Kier molecular flexibility index (Phi) is 6.57. The number of carbonyl (C=O) groups excluding carboxylic acids is 1. The first-order valence-corrected chi connectivity index (χ1v) is 9.61. The number of phenolic OH excluding ortho intramolecular Hbond substituents is 2. The van der Waals surface area contributed by atoms with Crippen molar-refractivity contribution >= 4 is 23.2 Å². The largest absolute Gasteiger partial charge is 0.507 e. The van der Waals surface area contributed by atoms with Crippen LogP contribution in [0.3, 0.4) is 0 Å². The van der Waals surface area contributed by atoms with E-state index in [-0.39, 0.29) is 44.8 Å². The van der Waals surface area contributed by atoms with Crippen molar-refractivity contribution in [3.63, 3.8) is 0 Å². The Hall–Kier alpha value is -3.43. The molecule has 0 radical (unpaired) electrons. The van der Waals surface area contributed by atoms with Gasteiger partial charge in [0.1, 0.15) is 29.0 Å². The van der Waals surface area contributed by atoms with Gasteiger partial charge < -0.3 is 34.6 Å². The summed E-state index contributed by atoms with van der Waals surface area (Å²) in [6.07, 6.45) is -0.735. The van der Waals surface area contributed by atoms with Crippen LogP contribution in [-0.2, 0) is 0 Å². The SMILES string of the molecule is CCC(O)c1noc(-c2cc(Cl)c(O)cc2O)c1NC(=O)c1ccc(OC)c(OC)c1. The third-order valence-electron chi connectivity index (χ3n) is 4.61. The van der Waals surface area contributed by atoms with Crippen LogP contribution >= 0.6 is 11.6 Å². The molecule has 0 bridgehead atoms. The number of carbonyl (C=O) groups is 1. The smallest absolute Gasteiger partial charge is 0.255 e. The first-order chi connectivity index (χ1) is 14.8. The normalized spacial score (nSPS) is 11.8. The van der Waals surface area contributed by atoms with E-state index >= 15 is 0 Å². The molecule has 0 aliphatic carbocycles. The van der Waals surface area contributed by atoms with Gasteiger partial charge in [0, 0.05) is 11.6 Å². The van der Waals surface area contributed by atoms with E-state index in [1.54, 1.807) is 13.0 Å². The minimum Gasteiger partial charge on any atom is -0.507 e. The van der Waals surface area contributed by atoms with E-state index in [9.17, 15) is 20.1 Å². The molecule has 0 fully saturated rings. The van der Waals surface area contributed by atoms with Crippen LogP contribution in [0.25, 0.3) is 11.3 Å². The summed E-state index contributed by atoms with van der Waals surface area (Å²) in [6.45, 7) is 1.73. The summed E-state index contributed by atoms with van der Waals surface area (Å²) in [7, 11) is 2.93. The van der Waals surface area contributed by atoms with Crippen LogP contribution in [0.1, 0.15) is 35.5 Å². The number of benzene rings is 2. The number of aliphatic hydroxyl groups is 1. The van der Waals surface area contributed by atoms with Crippen LogP contribution in [0.2, 0.25) is 5.02 Å². The van der Waals surface area contributed by atoms with Gasteiger partial charge in [0.25, 0.3) is 5.91 Å². The lowest BCUT2D eigenvalue weighted by atomic mass is 10.1. The fraction of sp³-hybridized carbons (Fsp3) is 0.238. The van der Waals surface area contributed by atoms with Crippen molar-refractivity contribution in [2.45, 2.75) is 19.4 Å². The van der Waals surface area contributed by atoms with Gasteiger partial charge in [-0.15, -0.1) is 0 Å². The number of hydrogen-bond acceptors (Lipinski definition) is 8. The Morgan fingerprint density at radius 3 is 2.52 bits per heavy atom. The molecular formula is C21H21ClN2O7. The summed E-state index contributed by atoms with van der Waals surface area (Å²) in [6, 6.07) is 6.91. The number of phenols is 2. The average molecular weight is 449 g/mol. The molecule has 2 aromatic carbocycles. The molecule has 1 aromatic heterocycles. The second-order valence-corrected chi connectivity index (χ2v) is 6.95. The molecule has 1 unspecified atom stereocenters. The Labute approximate surface area is 182 Å². The van der Waals surface area contributed by atoms with E-state index in [1.807, 2.05) is 0 Å². The molecule has 1 amide bonds. The van der Waals surface area contributed by atoms with Crippen LogP contribution in [0.4, 0.5) is 5.69 Å². The number of nitrogens with zero attached hydrogens (tertiary/aromatic N) is 1. The Balaban J connectivity index is 2.07. The van der Waals surface area contributed by atoms with Crippen molar-refractivity contribution in [2.24, 2.45) is 0 Å². The number of amides is 1. The molecule has 3 rings (SSSR count). The van der Waals surface area contributed by atoms with Crippen molar-refractivity contribution in [3.8, 4) is 34.3 Å². The zero-order chi connectivity index (χ0) is 22.7. The van der Waals surface area contributed by atoms with Crippen LogP contribution in [0.15, 0.2) is 34.9 Å². The number of aromatic hydroxyl groups is 2. The molecule has 3 aromatic rings. The highest BCUT2D eigenvalue weighted by molar-refractivity contribution is 6.32. The van der Waals surface area contributed by atoms with E-state index in [2.05, 4.69) is 10.5 Å². The Morgan fingerprint density at radius 1 is 1.16 bits per heavy atom. The third kappa shape index (κ3) is 4.37. The summed E-state index contributed by atoms with van der Waals surface area (Å²) < 4.78 is 15.7. The van der Waals surface area contributed by atoms with Gasteiger partial charge in [0.05, 0.1) is 24.8 Å². The van der Waals surface area contributed by atoms with E-state index in [0.29, 0.717) is 17.9 Å². The second-order valence-electron chi connectivity index (χ2n) is 6.54. The first-order valence-electron chi connectivity index (χ1n) is 9.23. The minimum absolute atomic E-state index is 0.0317. The maximum atomic E-state index is 12.9. The highest BCUT2D eigenvalue weighted by atomic mass is 35.5. The predicted molar refractivity (Wildman–Crippen MR) is 113 cm³/mol. The Morgan fingerprint density at radius 2 is 1.87 bits per heavy atom. The summed E-state index contributed by atoms with van der Waals surface area (Å²) in [5, 5.41) is 36.8. The lowest BCUT2D eigenvalue weighted by Crippen LogP contribution is -2.14. The zero-order valence-electron chi connectivity index (χ0n) is 17.0. The van der Waals surface area contributed by atoms with Crippen LogP contribution in [0.5, 0.6) is 23.0 Å². The number of rotatable bonds is 7. The average Bonchev–Trinajstić information content (AvgIpc) is 3.18. The van der Waals surface area contributed by atoms with Crippen molar-refractivity contribution in [1.29, 1.82) is 0 Å². The molecule has 31 heavy (non-hydrogen) atoms. The van der Waals surface area contributed by atoms with Crippen molar-refractivity contribution in [1.82, 2.24) is 5.16 Å². The molecule has 10 heteroatoms. The van der Waals surface area contributed by atoms with Crippen molar-refractivity contribution in [3.05, 3.63) is 46.6 Å². The molecule has 0 aliphatic heterocycles. The monoisotopic (exact) mass is 448 g/mol. The summed E-state index contributed by atoms with van der Waals surface area (Å²) in [4.78, 5) is 12.9. The molecule has 4 N–H and O–H groups in total. The Bertz CT molecular complexity index is 1110. The lowest BCUT2D eigenvalue weighted by molar-refractivity contribution is 0.102. The zero-order valence-corrected chi connectivity index (χ0v) is 17.7. The number of hydrogen-bond donors (Lipinski definition) is 4. The van der Waals surface area contributed by atoms with Gasteiger partial charge in [-0.05, 0) is 30.7 Å². The molecule has 0 saturated heterocycles. The van der Waals surface area contributed by atoms with Crippen LogP contribution < -0.4 is 14.8 Å². The van der Waals surface area contributed by atoms with Crippen molar-refractivity contribution in [2.75, 3.05) is 19.5 Å². The van der Waals surface area contributed by atoms with E-state index in [1.165, 1.54) is 32.4 Å². The first kappa shape index (κ1) is 22.3. The van der Waals surface area contributed by atoms with Gasteiger partial charge in [0.2, 0.25) is 0 Å². The van der Waals surface area contributed by atoms with Crippen molar-refractivity contribution < 1.29 is 34.1 Å². The number of aromatic nitrogens is 1. The predicted octanol–water partition coefficient (Wildman–Crippen LogP) is 4.12. The van der Waals surface area contributed by atoms with E-state index in [0.717, 1.165) is 6.07 Å². The van der Waals surface area contributed by atoms with Gasteiger partial charge in [-0.3, -0.25) is 4.79 Å². The number of halogens is 1. The van der Waals surface area contributed by atoms with E-state index < -0.39 is 12.0 Å². The molecule has 1 atom stereocenters. The molecule has 9 nitrogen and oxygen atoms in total. The molecule has 0 spiro atoms. The quantitative estimate of drug-likeness (QED) is 0.424. The minimum atomic E-state index is -1.03. The molecule has 164 valence electrons.